The average molecular weight is 457 g/mol. The number of fused-ring (bicyclic) bond motifs is 8. The van der Waals surface area contributed by atoms with E-state index in [-0.39, 0.29) is 0 Å². The van der Waals surface area contributed by atoms with Gasteiger partial charge in [-0.05, 0) is 48.5 Å². The molecule has 5 rings (SSSR count). The van der Waals surface area contributed by atoms with E-state index in [9.17, 15) is 0 Å². The van der Waals surface area contributed by atoms with Gasteiger partial charge in [0, 0.05) is 0 Å². The van der Waals surface area contributed by atoms with Crippen molar-refractivity contribution in [2.75, 3.05) is 0 Å². The summed E-state index contributed by atoms with van der Waals surface area (Å²) in [6.45, 7) is 0. The van der Waals surface area contributed by atoms with E-state index in [1.807, 2.05) is 92.4 Å². The van der Waals surface area contributed by atoms with Crippen molar-refractivity contribution >= 4 is 92.4 Å². The van der Waals surface area contributed by atoms with Crippen LogP contribution in [0.4, 0.5) is 0 Å². The van der Waals surface area contributed by atoms with E-state index >= 15 is 0 Å². The summed E-state index contributed by atoms with van der Waals surface area (Å²) in [5, 5.41) is 0. The Morgan fingerprint density at radius 3 is 0.625 bits per heavy atom. The van der Waals surface area contributed by atoms with Crippen LogP contribution in [0.2, 0.25) is 0 Å². The fourth-order valence-electron chi connectivity index (χ4n) is 2.05. The highest BCUT2D eigenvalue weighted by molar-refractivity contribution is 8.07. The first-order chi connectivity index (χ1) is 11.8. The van der Waals surface area contributed by atoms with Crippen LogP contribution in [-0.4, -0.2) is 0 Å². The highest BCUT2D eigenvalue weighted by Gasteiger charge is 2.12. The second kappa shape index (κ2) is 7.08. The Bertz CT molecular complexity index is 758. The molecule has 5 heterocycles. The molecule has 0 aromatic carbocycles. The summed E-state index contributed by atoms with van der Waals surface area (Å²) in [6, 6.07) is 18.0. The van der Waals surface area contributed by atoms with Crippen LogP contribution in [-0.2, 0) is 0 Å². The van der Waals surface area contributed by atoms with E-state index in [4.69, 9.17) is 0 Å². The lowest BCUT2D eigenvalue weighted by atomic mass is 10.7. The van der Waals surface area contributed by atoms with Crippen molar-refractivity contribution in [1.82, 2.24) is 0 Å². The summed E-state index contributed by atoms with van der Waals surface area (Å²) in [7, 11) is 0. The fraction of sp³-hybridized carbons (Fsp3) is 0. The standard InChI is InChI=1S/C16H8S8/c1-2-10-17-9(1)21-11-3-4-13(18-11)23-15-7-8-16(20-15)24-14-6-5-12(19-14)22-10/h1-8H. The molecule has 0 radical (unpaired) electrons. The lowest BCUT2D eigenvalue weighted by Gasteiger charge is -1.96. The third-order valence-electron chi connectivity index (χ3n) is 3.03. The van der Waals surface area contributed by atoms with Crippen LogP contribution in [0.15, 0.2) is 82.2 Å². The van der Waals surface area contributed by atoms with Gasteiger partial charge < -0.3 is 0 Å². The molecule has 8 heteroatoms. The van der Waals surface area contributed by atoms with Gasteiger partial charge in [0.2, 0.25) is 0 Å². The first-order valence-corrected chi connectivity index (χ1v) is 13.4. The summed E-state index contributed by atoms with van der Waals surface area (Å²) in [4.78, 5) is 0. The first-order valence-electron chi connectivity index (χ1n) is 6.91. The third-order valence-corrected chi connectivity index (χ3v) is 12.4. The molecular weight excluding hydrogens is 449 g/mol. The van der Waals surface area contributed by atoms with Gasteiger partial charge in [-0.3, -0.25) is 0 Å². The van der Waals surface area contributed by atoms with Crippen LogP contribution in [0.25, 0.3) is 0 Å². The van der Waals surface area contributed by atoms with Crippen molar-refractivity contribution in [3.8, 4) is 0 Å². The van der Waals surface area contributed by atoms with Gasteiger partial charge in [-0.2, -0.15) is 0 Å². The minimum atomic E-state index is 1.37. The molecule has 0 unspecified atom stereocenters. The molecule has 8 bridgehead atoms. The highest BCUT2D eigenvalue weighted by atomic mass is 32.2. The third kappa shape index (κ3) is 3.66. The molecule has 0 atom stereocenters. The largest absolute Gasteiger partial charge is 0.122 e. The van der Waals surface area contributed by atoms with Gasteiger partial charge in [0.05, 0.1) is 33.7 Å². The zero-order valence-electron chi connectivity index (χ0n) is 11.9. The van der Waals surface area contributed by atoms with Crippen molar-refractivity contribution in [2.24, 2.45) is 0 Å². The number of rotatable bonds is 0. The van der Waals surface area contributed by atoms with Crippen molar-refractivity contribution in [3.05, 3.63) is 48.5 Å². The molecule has 1 aliphatic rings. The molecule has 1 aliphatic heterocycles. The monoisotopic (exact) mass is 456 g/mol. The van der Waals surface area contributed by atoms with E-state index in [0.29, 0.717) is 0 Å². The second-order valence-corrected chi connectivity index (χ2v) is 15.4. The van der Waals surface area contributed by atoms with E-state index in [1.54, 1.807) is 0 Å². The molecule has 0 spiro atoms. The molecule has 0 nitrogen and oxygen atoms in total. The van der Waals surface area contributed by atoms with Crippen molar-refractivity contribution in [3.63, 3.8) is 0 Å². The molecule has 0 saturated heterocycles. The molecule has 0 amide bonds. The molecule has 0 fully saturated rings. The molecule has 24 heavy (non-hydrogen) atoms. The molecule has 0 N–H and O–H groups in total. The Labute approximate surface area is 173 Å². The van der Waals surface area contributed by atoms with Gasteiger partial charge in [0.25, 0.3) is 0 Å². The smallest absolute Gasteiger partial charge is 0.0666 e. The van der Waals surface area contributed by atoms with Crippen LogP contribution >= 0.6 is 92.4 Å². The maximum absolute atomic E-state index is 2.25. The van der Waals surface area contributed by atoms with Crippen molar-refractivity contribution in [2.45, 2.75) is 33.7 Å². The summed E-state index contributed by atoms with van der Waals surface area (Å²) in [5.74, 6) is 0. The zero-order chi connectivity index (χ0) is 15.9. The molecule has 4 aromatic rings. The molecule has 120 valence electrons. The van der Waals surface area contributed by atoms with Crippen LogP contribution in [0, 0.1) is 0 Å². The normalized spacial score (nSPS) is 14.0. The summed E-state index contributed by atoms with van der Waals surface area (Å²) < 4.78 is 10.9. The van der Waals surface area contributed by atoms with E-state index in [0.717, 1.165) is 0 Å². The molecular formula is C16H8S8. The summed E-state index contributed by atoms with van der Waals surface area (Å²) >= 11 is 15.1. The quantitative estimate of drug-likeness (QED) is 0.228. The predicted molar refractivity (Wildman–Crippen MR) is 114 cm³/mol. The zero-order valence-corrected chi connectivity index (χ0v) is 18.4. The Kier molecular flexibility index (Phi) is 4.83. The van der Waals surface area contributed by atoms with E-state index in [1.165, 1.54) is 33.7 Å². The molecule has 0 saturated carbocycles. The molecule has 4 aromatic heterocycles. The number of thiophene rings is 4. The number of hydrogen-bond acceptors (Lipinski definition) is 8. The van der Waals surface area contributed by atoms with Crippen LogP contribution in [0.5, 0.6) is 0 Å². The Morgan fingerprint density at radius 1 is 0.292 bits per heavy atom. The van der Waals surface area contributed by atoms with Crippen LogP contribution in [0.1, 0.15) is 0 Å². The topological polar surface area (TPSA) is 0 Å². The Hall–Kier alpha value is 0.200. The van der Waals surface area contributed by atoms with Gasteiger partial charge in [-0.25, -0.2) is 0 Å². The van der Waals surface area contributed by atoms with Gasteiger partial charge >= 0.3 is 0 Å². The maximum atomic E-state index is 2.25. The second-order valence-electron chi connectivity index (χ2n) is 4.70. The van der Waals surface area contributed by atoms with Crippen molar-refractivity contribution < 1.29 is 0 Å². The lowest BCUT2D eigenvalue weighted by Crippen LogP contribution is -1.58. The average Bonchev–Trinajstić information content (AvgIpc) is 3.32. The Balaban J connectivity index is 1.54. The van der Waals surface area contributed by atoms with Crippen LogP contribution in [0.3, 0.4) is 0 Å². The van der Waals surface area contributed by atoms with Gasteiger partial charge in [0.1, 0.15) is 0 Å². The van der Waals surface area contributed by atoms with Gasteiger partial charge in [-0.15, -0.1) is 45.3 Å². The summed E-state index contributed by atoms with van der Waals surface area (Å²) in [6.07, 6.45) is 0. The minimum Gasteiger partial charge on any atom is -0.122 e. The molecule has 0 aliphatic carbocycles. The maximum Gasteiger partial charge on any atom is 0.0666 e. The lowest BCUT2D eigenvalue weighted by molar-refractivity contribution is 1.61. The summed E-state index contributed by atoms with van der Waals surface area (Å²) in [5.41, 5.74) is 0. The minimum absolute atomic E-state index is 1.37. The highest BCUT2D eigenvalue weighted by Crippen LogP contribution is 2.48. The van der Waals surface area contributed by atoms with E-state index < -0.39 is 0 Å². The SMILES string of the molecule is c1cc2sc1Sc1ccc(s1)Sc1ccc(s1)Sc1ccc(s1)S2. The fourth-order valence-corrected chi connectivity index (χ4v) is 12.7. The van der Waals surface area contributed by atoms with Crippen LogP contribution < -0.4 is 0 Å². The van der Waals surface area contributed by atoms with Gasteiger partial charge in [0.15, 0.2) is 0 Å². The van der Waals surface area contributed by atoms with E-state index in [2.05, 4.69) is 48.5 Å². The Morgan fingerprint density at radius 2 is 0.458 bits per heavy atom. The number of hydrogen-bond donors (Lipinski definition) is 0. The van der Waals surface area contributed by atoms with Crippen molar-refractivity contribution in [1.29, 1.82) is 0 Å². The first kappa shape index (κ1) is 16.4. The predicted octanol–water partition coefficient (Wildman–Crippen LogP) is 8.85. The van der Waals surface area contributed by atoms with Gasteiger partial charge in [-0.1, -0.05) is 47.0 Å².